The standard InChI is InChI=1S/C15H24O4/c1-4-18-14(16)9-11(3)13-8-6-7-12(13)10-15(17)19-5-2/h12H,4-10H2,1-3H3/b13-11+. The Morgan fingerprint density at radius 1 is 1.16 bits per heavy atom. The SMILES string of the molecule is CCOC(=O)C/C(C)=C1\CCCC1CC(=O)OCC. The molecule has 0 radical (unpaired) electrons. The summed E-state index contributed by atoms with van der Waals surface area (Å²) in [4.78, 5) is 23.0. The molecule has 108 valence electrons. The van der Waals surface area contributed by atoms with Crippen LogP contribution in [0.2, 0.25) is 0 Å². The van der Waals surface area contributed by atoms with E-state index in [1.165, 1.54) is 5.57 Å². The topological polar surface area (TPSA) is 52.6 Å². The lowest BCUT2D eigenvalue weighted by molar-refractivity contribution is -0.144. The molecule has 19 heavy (non-hydrogen) atoms. The van der Waals surface area contributed by atoms with Crippen LogP contribution in [-0.4, -0.2) is 25.2 Å². The van der Waals surface area contributed by atoms with Crippen LogP contribution in [0.5, 0.6) is 0 Å². The Morgan fingerprint density at radius 3 is 2.42 bits per heavy atom. The molecule has 1 atom stereocenters. The zero-order chi connectivity index (χ0) is 14.3. The lowest BCUT2D eigenvalue weighted by atomic mass is 9.93. The van der Waals surface area contributed by atoms with Crippen LogP contribution in [0.25, 0.3) is 0 Å². The van der Waals surface area contributed by atoms with Crippen LogP contribution < -0.4 is 0 Å². The van der Waals surface area contributed by atoms with E-state index < -0.39 is 0 Å². The highest BCUT2D eigenvalue weighted by atomic mass is 16.5. The molecule has 0 N–H and O–H groups in total. The molecule has 4 heteroatoms. The van der Waals surface area contributed by atoms with Crippen LogP contribution in [0, 0.1) is 5.92 Å². The number of hydrogen-bond donors (Lipinski definition) is 0. The molecular weight excluding hydrogens is 244 g/mol. The highest BCUT2D eigenvalue weighted by molar-refractivity contribution is 5.73. The molecule has 0 aromatic rings. The summed E-state index contributed by atoms with van der Waals surface area (Å²) in [5.74, 6) is -0.0846. The van der Waals surface area contributed by atoms with E-state index in [4.69, 9.17) is 9.47 Å². The molecule has 1 fully saturated rings. The van der Waals surface area contributed by atoms with Crippen molar-refractivity contribution < 1.29 is 19.1 Å². The summed E-state index contributed by atoms with van der Waals surface area (Å²) >= 11 is 0. The highest BCUT2D eigenvalue weighted by Crippen LogP contribution is 2.36. The second-order valence-electron chi connectivity index (χ2n) is 4.89. The van der Waals surface area contributed by atoms with Crippen LogP contribution in [0.1, 0.15) is 52.9 Å². The van der Waals surface area contributed by atoms with Crippen molar-refractivity contribution in [3.63, 3.8) is 0 Å². The predicted molar refractivity (Wildman–Crippen MR) is 72.5 cm³/mol. The van der Waals surface area contributed by atoms with E-state index in [-0.39, 0.29) is 17.9 Å². The summed E-state index contributed by atoms with van der Waals surface area (Å²) in [6, 6.07) is 0. The van der Waals surface area contributed by atoms with E-state index in [1.807, 2.05) is 13.8 Å². The fourth-order valence-corrected chi connectivity index (χ4v) is 2.67. The van der Waals surface area contributed by atoms with E-state index in [1.54, 1.807) is 6.92 Å². The summed E-state index contributed by atoms with van der Waals surface area (Å²) in [6.45, 7) is 6.42. The second kappa shape index (κ2) is 7.97. The Balaban J connectivity index is 2.63. The molecular formula is C15H24O4. The molecule has 0 aromatic carbocycles. The van der Waals surface area contributed by atoms with Gasteiger partial charge in [0, 0.05) is 0 Å². The van der Waals surface area contributed by atoms with Gasteiger partial charge in [0.15, 0.2) is 0 Å². The monoisotopic (exact) mass is 268 g/mol. The third-order valence-corrected chi connectivity index (χ3v) is 3.47. The third kappa shape index (κ3) is 5.05. The van der Waals surface area contributed by atoms with Crippen LogP contribution in [0.3, 0.4) is 0 Å². The van der Waals surface area contributed by atoms with Gasteiger partial charge in [0.05, 0.1) is 26.1 Å². The number of carbonyl (C=O) groups excluding carboxylic acids is 2. The number of esters is 2. The fourth-order valence-electron chi connectivity index (χ4n) is 2.67. The number of allylic oxidation sites excluding steroid dienone is 1. The zero-order valence-corrected chi connectivity index (χ0v) is 12.2. The quantitative estimate of drug-likeness (QED) is 0.549. The Kier molecular flexibility index (Phi) is 6.60. The van der Waals surface area contributed by atoms with E-state index in [2.05, 4.69) is 0 Å². The van der Waals surface area contributed by atoms with Gasteiger partial charge < -0.3 is 9.47 Å². The lowest BCUT2D eigenvalue weighted by Crippen LogP contribution is -2.12. The van der Waals surface area contributed by atoms with Gasteiger partial charge in [0.25, 0.3) is 0 Å². The highest BCUT2D eigenvalue weighted by Gasteiger charge is 2.26. The Hall–Kier alpha value is -1.32. The second-order valence-corrected chi connectivity index (χ2v) is 4.89. The van der Waals surface area contributed by atoms with E-state index >= 15 is 0 Å². The Morgan fingerprint density at radius 2 is 1.79 bits per heavy atom. The normalized spacial score (nSPS) is 21.1. The van der Waals surface area contributed by atoms with Gasteiger partial charge in [-0.15, -0.1) is 0 Å². The summed E-state index contributed by atoms with van der Waals surface area (Å²) in [5, 5.41) is 0. The van der Waals surface area contributed by atoms with Crippen molar-refractivity contribution >= 4 is 11.9 Å². The molecule has 0 amide bonds. The third-order valence-electron chi connectivity index (χ3n) is 3.47. The molecule has 1 aliphatic rings. The van der Waals surface area contributed by atoms with Gasteiger partial charge in [-0.3, -0.25) is 9.59 Å². The van der Waals surface area contributed by atoms with Gasteiger partial charge in [-0.1, -0.05) is 11.1 Å². The molecule has 1 aliphatic carbocycles. The van der Waals surface area contributed by atoms with Gasteiger partial charge in [0.1, 0.15) is 0 Å². The summed E-state index contributed by atoms with van der Waals surface area (Å²) in [5.41, 5.74) is 2.31. The summed E-state index contributed by atoms with van der Waals surface area (Å²) < 4.78 is 9.96. The van der Waals surface area contributed by atoms with E-state index in [0.29, 0.717) is 26.1 Å². The minimum atomic E-state index is -0.186. The minimum absolute atomic E-state index is 0.143. The molecule has 1 unspecified atom stereocenters. The maximum Gasteiger partial charge on any atom is 0.309 e. The first-order valence-electron chi connectivity index (χ1n) is 7.08. The molecule has 0 aromatic heterocycles. The van der Waals surface area contributed by atoms with Gasteiger partial charge in [-0.25, -0.2) is 0 Å². The molecule has 0 saturated heterocycles. The van der Waals surface area contributed by atoms with Crippen LogP contribution in [-0.2, 0) is 19.1 Å². The van der Waals surface area contributed by atoms with Crippen LogP contribution >= 0.6 is 0 Å². The average Bonchev–Trinajstić information content (AvgIpc) is 2.77. The van der Waals surface area contributed by atoms with E-state index in [0.717, 1.165) is 24.8 Å². The zero-order valence-electron chi connectivity index (χ0n) is 12.2. The molecule has 0 spiro atoms. The Bertz CT molecular complexity index is 357. The van der Waals surface area contributed by atoms with Crippen molar-refractivity contribution in [2.24, 2.45) is 5.92 Å². The molecule has 0 heterocycles. The summed E-state index contributed by atoms with van der Waals surface area (Å²) in [6.07, 6.45) is 3.84. The van der Waals surface area contributed by atoms with Crippen molar-refractivity contribution in [3.8, 4) is 0 Å². The number of rotatable bonds is 6. The maximum absolute atomic E-state index is 11.6. The van der Waals surface area contributed by atoms with Crippen molar-refractivity contribution in [2.75, 3.05) is 13.2 Å². The van der Waals surface area contributed by atoms with Crippen molar-refractivity contribution in [1.29, 1.82) is 0 Å². The van der Waals surface area contributed by atoms with E-state index in [9.17, 15) is 9.59 Å². The number of hydrogen-bond acceptors (Lipinski definition) is 4. The molecule has 1 saturated carbocycles. The van der Waals surface area contributed by atoms with Gasteiger partial charge in [-0.05, 0) is 46.0 Å². The van der Waals surface area contributed by atoms with Crippen LogP contribution in [0.4, 0.5) is 0 Å². The first-order valence-corrected chi connectivity index (χ1v) is 7.08. The van der Waals surface area contributed by atoms with Gasteiger partial charge in [0.2, 0.25) is 0 Å². The number of carbonyl (C=O) groups is 2. The first-order chi connectivity index (χ1) is 9.08. The fraction of sp³-hybridized carbons (Fsp3) is 0.733. The lowest BCUT2D eigenvalue weighted by Gasteiger charge is -2.14. The first kappa shape index (κ1) is 15.7. The largest absolute Gasteiger partial charge is 0.466 e. The molecule has 1 rings (SSSR count). The summed E-state index contributed by atoms with van der Waals surface area (Å²) in [7, 11) is 0. The van der Waals surface area contributed by atoms with Crippen molar-refractivity contribution in [3.05, 3.63) is 11.1 Å². The van der Waals surface area contributed by atoms with Gasteiger partial charge >= 0.3 is 11.9 Å². The van der Waals surface area contributed by atoms with Crippen molar-refractivity contribution in [2.45, 2.75) is 52.9 Å². The van der Waals surface area contributed by atoms with Crippen molar-refractivity contribution in [1.82, 2.24) is 0 Å². The van der Waals surface area contributed by atoms with Crippen LogP contribution in [0.15, 0.2) is 11.1 Å². The smallest absolute Gasteiger partial charge is 0.309 e. The molecule has 4 nitrogen and oxygen atoms in total. The molecule has 0 bridgehead atoms. The number of ether oxygens (including phenoxy) is 2. The minimum Gasteiger partial charge on any atom is -0.466 e. The maximum atomic E-state index is 11.6. The Labute approximate surface area is 115 Å². The predicted octanol–water partition coefficient (Wildman–Crippen LogP) is 3.01. The van der Waals surface area contributed by atoms with Gasteiger partial charge in [-0.2, -0.15) is 0 Å². The average molecular weight is 268 g/mol. The molecule has 0 aliphatic heterocycles.